The molecule has 0 radical (unpaired) electrons. The summed E-state index contributed by atoms with van der Waals surface area (Å²) < 4.78 is 9.01. The van der Waals surface area contributed by atoms with Crippen LogP contribution in [-0.2, 0) is 14.3 Å². The van der Waals surface area contributed by atoms with Gasteiger partial charge in [-0.05, 0) is 50.0 Å². The Hall–Kier alpha value is -3.45. The number of esters is 2. The highest BCUT2D eigenvalue weighted by atomic mass is 16.5. The minimum Gasteiger partial charge on any atom is -0.465 e. The maximum Gasteiger partial charge on any atom is 0.353 e. The molecule has 1 atom stereocenters. The molecule has 0 saturated carbocycles. The number of carbonyl (C=O) groups is 4. The number of amides is 3. The number of hydrogen-bond acceptors (Lipinski definition) is 8. The summed E-state index contributed by atoms with van der Waals surface area (Å²) in [6.45, 7) is 2.20. The van der Waals surface area contributed by atoms with Crippen molar-refractivity contribution in [1.29, 1.82) is 5.26 Å². The normalized spacial score (nSPS) is 27.5. The number of urea groups is 1. The lowest BCUT2D eigenvalue weighted by atomic mass is 9.72. The molecule has 10 nitrogen and oxygen atoms in total. The van der Waals surface area contributed by atoms with E-state index in [0.717, 1.165) is 37.9 Å². The lowest BCUT2D eigenvalue weighted by Crippen LogP contribution is -2.67. The molecule has 1 N–H and O–H groups in total. The molecule has 2 bridgehead atoms. The molecule has 150 valence electrons. The lowest BCUT2D eigenvalue weighted by molar-refractivity contribution is -0.129. The van der Waals surface area contributed by atoms with E-state index in [9.17, 15) is 19.2 Å². The van der Waals surface area contributed by atoms with Gasteiger partial charge in [-0.1, -0.05) is 0 Å². The maximum absolute atomic E-state index is 13.4. The molecule has 0 aromatic heterocycles. The predicted octanol–water partition coefficient (Wildman–Crippen LogP) is 0.632. The Morgan fingerprint density at radius 3 is 2.38 bits per heavy atom. The highest BCUT2D eigenvalue weighted by Gasteiger charge is 2.60. The second-order valence-corrected chi connectivity index (χ2v) is 7.33. The van der Waals surface area contributed by atoms with Gasteiger partial charge in [0.15, 0.2) is 0 Å². The van der Waals surface area contributed by atoms with Crippen LogP contribution in [0.1, 0.15) is 33.6 Å². The van der Waals surface area contributed by atoms with Crippen LogP contribution in [0.2, 0.25) is 0 Å². The number of nitrogens with zero attached hydrogens (tertiary/aromatic N) is 3. The van der Waals surface area contributed by atoms with Crippen molar-refractivity contribution in [3.05, 3.63) is 29.3 Å². The number of methoxy groups -OCH3 is 1. The third-order valence-electron chi connectivity index (χ3n) is 5.85. The van der Waals surface area contributed by atoms with Crippen LogP contribution in [0.3, 0.4) is 0 Å². The Kier molecular flexibility index (Phi) is 4.47. The fraction of sp³-hybridized carbons (Fsp3) is 0.421. The van der Waals surface area contributed by atoms with Gasteiger partial charge < -0.3 is 19.7 Å². The minimum absolute atomic E-state index is 0.0285. The highest BCUT2D eigenvalue weighted by molar-refractivity contribution is 6.24. The van der Waals surface area contributed by atoms with Crippen LogP contribution in [0.15, 0.2) is 18.2 Å². The average molecular weight is 398 g/mol. The number of nitriles is 1. The Labute approximate surface area is 165 Å². The zero-order chi connectivity index (χ0) is 20.8. The van der Waals surface area contributed by atoms with Crippen molar-refractivity contribution in [1.82, 2.24) is 10.2 Å². The van der Waals surface area contributed by atoms with Gasteiger partial charge in [0.2, 0.25) is 0 Å². The van der Waals surface area contributed by atoms with Gasteiger partial charge >= 0.3 is 18.0 Å². The van der Waals surface area contributed by atoms with Gasteiger partial charge in [-0.3, -0.25) is 4.79 Å². The van der Waals surface area contributed by atoms with Crippen LogP contribution >= 0.6 is 0 Å². The number of imide groups is 1. The number of piperidine rings is 3. The monoisotopic (exact) mass is 398 g/mol. The van der Waals surface area contributed by atoms with Crippen LogP contribution in [0, 0.1) is 17.4 Å². The van der Waals surface area contributed by atoms with Crippen LogP contribution < -0.4 is 10.2 Å². The topological polar surface area (TPSA) is 129 Å². The summed E-state index contributed by atoms with van der Waals surface area (Å²) in [6.07, 6.45) is 2.88. The van der Waals surface area contributed by atoms with Crippen LogP contribution in [0.4, 0.5) is 10.5 Å². The number of benzene rings is 1. The van der Waals surface area contributed by atoms with Crippen molar-refractivity contribution < 1.29 is 28.7 Å². The predicted molar refractivity (Wildman–Crippen MR) is 96.7 cm³/mol. The first kappa shape index (κ1) is 18.9. The molecule has 4 fully saturated rings. The summed E-state index contributed by atoms with van der Waals surface area (Å²) in [5.41, 5.74) is -1.18. The number of anilines is 1. The van der Waals surface area contributed by atoms with Gasteiger partial charge in [-0.2, -0.15) is 0 Å². The van der Waals surface area contributed by atoms with E-state index in [1.54, 1.807) is 0 Å². The zero-order valence-electron chi connectivity index (χ0n) is 15.6. The van der Waals surface area contributed by atoms with Gasteiger partial charge in [0.05, 0.1) is 23.9 Å². The summed E-state index contributed by atoms with van der Waals surface area (Å²) in [4.78, 5) is 53.3. The van der Waals surface area contributed by atoms with Gasteiger partial charge in [-0.25, -0.2) is 19.3 Å². The Balaban J connectivity index is 1.75. The van der Waals surface area contributed by atoms with Crippen molar-refractivity contribution in [2.75, 3.05) is 31.6 Å². The zero-order valence-corrected chi connectivity index (χ0v) is 15.6. The molecule has 4 heterocycles. The smallest absolute Gasteiger partial charge is 0.353 e. The fourth-order valence-electron chi connectivity index (χ4n) is 4.47. The number of hydrogen-bond donors (Lipinski definition) is 1. The molecule has 1 aromatic rings. The molecular weight excluding hydrogens is 380 g/mol. The number of ether oxygens (including phenoxy) is 2. The molecule has 5 rings (SSSR count). The molecule has 1 spiro atoms. The maximum atomic E-state index is 13.4. The third-order valence-corrected chi connectivity index (χ3v) is 5.85. The van der Waals surface area contributed by atoms with Gasteiger partial charge in [0.1, 0.15) is 5.54 Å². The Morgan fingerprint density at radius 1 is 1.17 bits per heavy atom. The Bertz CT molecular complexity index is 962. The second-order valence-electron chi connectivity index (χ2n) is 7.33. The summed E-state index contributed by atoms with van der Waals surface area (Å²) in [5, 5.41) is 11.4. The van der Waals surface area contributed by atoms with E-state index in [4.69, 9.17) is 5.26 Å². The minimum atomic E-state index is -1.01. The molecule has 3 amide bonds. The first-order valence-electron chi connectivity index (χ1n) is 9.12. The largest absolute Gasteiger partial charge is 0.465 e. The standard InChI is InChI=1S/C19H18N4O6/c1-28-15(24)11-6-12(16(25)29-10-20)8-14(7-11)23-17(26)19(21-18(23)27)9-22-4-2-13(19)3-5-22/h6-8,13H,2-5,9H2,1H3,(H,21,27). The number of fused-ring (bicyclic) bond motifs is 2. The molecule has 4 aliphatic rings. The summed E-state index contributed by atoms with van der Waals surface area (Å²) in [5.74, 6) is -2.16. The van der Waals surface area contributed by atoms with E-state index in [1.165, 1.54) is 24.5 Å². The first-order chi connectivity index (χ1) is 13.9. The summed E-state index contributed by atoms with van der Waals surface area (Å²) in [7, 11) is 1.16. The average Bonchev–Trinajstić information content (AvgIpc) is 2.97. The van der Waals surface area contributed by atoms with Crippen LogP contribution in [-0.4, -0.2) is 61.1 Å². The van der Waals surface area contributed by atoms with Crippen molar-refractivity contribution in [2.45, 2.75) is 18.4 Å². The van der Waals surface area contributed by atoms with Crippen molar-refractivity contribution in [3.63, 3.8) is 0 Å². The first-order valence-corrected chi connectivity index (χ1v) is 9.12. The summed E-state index contributed by atoms with van der Waals surface area (Å²) in [6, 6.07) is 3.10. The van der Waals surface area contributed by atoms with Crippen molar-refractivity contribution >= 4 is 29.6 Å². The Morgan fingerprint density at radius 2 is 1.83 bits per heavy atom. The van der Waals surface area contributed by atoms with Crippen LogP contribution in [0.5, 0.6) is 0 Å². The van der Waals surface area contributed by atoms with E-state index in [-0.39, 0.29) is 22.7 Å². The molecule has 29 heavy (non-hydrogen) atoms. The van der Waals surface area contributed by atoms with E-state index < -0.39 is 29.4 Å². The molecule has 1 aromatic carbocycles. The molecule has 4 aliphatic heterocycles. The van der Waals surface area contributed by atoms with Crippen molar-refractivity contribution in [3.8, 4) is 6.26 Å². The van der Waals surface area contributed by atoms with Gasteiger partial charge in [0.25, 0.3) is 12.2 Å². The molecule has 10 heteroatoms. The van der Waals surface area contributed by atoms with E-state index in [1.807, 2.05) is 0 Å². The fourth-order valence-corrected chi connectivity index (χ4v) is 4.47. The quantitative estimate of drug-likeness (QED) is 0.446. The van der Waals surface area contributed by atoms with Gasteiger partial charge in [0, 0.05) is 6.54 Å². The van der Waals surface area contributed by atoms with E-state index in [0.29, 0.717) is 6.54 Å². The molecule has 4 saturated heterocycles. The lowest BCUT2D eigenvalue weighted by Gasteiger charge is -2.49. The second kappa shape index (κ2) is 6.86. The SMILES string of the molecule is COC(=O)c1cc(C(=O)OC#N)cc(N2C(=O)NC3(CN4CCC3CC4)C2=O)c1. The number of carbonyl (C=O) groups excluding carboxylic acids is 4. The molecule has 1 unspecified atom stereocenters. The molecule has 0 aliphatic carbocycles. The number of nitrogens with one attached hydrogen (secondary N) is 1. The third kappa shape index (κ3) is 2.91. The van der Waals surface area contributed by atoms with Gasteiger partial charge in [-0.15, -0.1) is 5.26 Å². The van der Waals surface area contributed by atoms with Crippen LogP contribution in [0.25, 0.3) is 0 Å². The van der Waals surface area contributed by atoms with Crippen molar-refractivity contribution in [2.24, 2.45) is 5.92 Å². The van der Waals surface area contributed by atoms with E-state index >= 15 is 0 Å². The molecular formula is C19H18N4O6. The highest BCUT2D eigenvalue weighted by Crippen LogP contribution is 2.41. The summed E-state index contributed by atoms with van der Waals surface area (Å²) >= 11 is 0. The van der Waals surface area contributed by atoms with E-state index in [2.05, 4.69) is 19.7 Å². The number of rotatable bonds is 3.